The van der Waals surface area contributed by atoms with Gasteiger partial charge in [-0.15, -0.1) is 11.6 Å². The number of hydrogen-bond donors (Lipinski definition) is 0. The summed E-state index contributed by atoms with van der Waals surface area (Å²) >= 11 is 5.82. The molecule has 0 N–H and O–H groups in total. The summed E-state index contributed by atoms with van der Waals surface area (Å²) in [5, 5.41) is 5.52. The van der Waals surface area contributed by atoms with E-state index in [0.29, 0.717) is 5.88 Å². The number of hydrogen-bond acceptors (Lipinski definition) is 2. The van der Waals surface area contributed by atoms with Crippen molar-refractivity contribution in [3.05, 3.63) is 30.0 Å². The maximum Gasteiger partial charge on any atom is 0.0685 e. The van der Waals surface area contributed by atoms with Crippen LogP contribution in [0.1, 0.15) is 12.0 Å². The minimum absolute atomic E-state index is 0.541. The SMILES string of the molecule is COCCCn1ncc2ccc(CCl)cc21. The molecular weight excluding hydrogens is 224 g/mol. The zero-order chi connectivity index (χ0) is 11.4. The lowest BCUT2D eigenvalue weighted by molar-refractivity contribution is 0.189. The van der Waals surface area contributed by atoms with E-state index in [4.69, 9.17) is 16.3 Å². The smallest absolute Gasteiger partial charge is 0.0685 e. The second-order valence-electron chi connectivity index (χ2n) is 3.74. The van der Waals surface area contributed by atoms with E-state index >= 15 is 0 Å². The van der Waals surface area contributed by atoms with Crippen LogP contribution in [0.3, 0.4) is 0 Å². The van der Waals surface area contributed by atoms with E-state index < -0.39 is 0 Å². The van der Waals surface area contributed by atoms with Crippen LogP contribution in [0.25, 0.3) is 10.9 Å². The van der Waals surface area contributed by atoms with Crippen molar-refractivity contribution in [3.8, 4) is 0 Å². The first-order valence-electron chi connectivity index (χ1n) is 5.34. The summed E-state index contributed by atoms with van der Waals surface area (Å²) in [4.78, 5) is 0. The van der Waals surface area contributed by atoms with Crippen molar-refractivity contribution in [2.45, 2.75) is 18.8 Å². The molecule has 0 radical (unpaired) electrons. The van der Waals surface area contributed by atoms with E-state index in [0.717, 1.165) is 36.0 Å². The Labute approximate surface area is 100.0 Å². The van der Waals surface area contributed by atoms with Crippen LogP contribution in [0.5, 0.6) is 0 Å². The Bertz CT molecular complexity index is 467. The Morgan fingerprint density at radius 3 is 3.06 bits per heavy atom. The van der Waals surface area contributed by atoms with Gasteiger partial charge < -0.3 is 4.74 Å². The van der Waals surface area contributed by atoms with Crippen LogP contribution in [-0.4, -0.2) is 23.5 Å². The Kier molecular flexibility index (Phi) is 3.80. The first-order chi connectivity index (χ1) is 7.85. The fourth-order valence-electron chi connectivity index (χ4n) is 1.74. The number of benzene rings is 1. The normalized spacial score (nSPS) is 11.1. The molecular formula is C12H15ClN2O. The highest BCUT2D eigenvalue weighted by Gasteiger charge is 2.03. The van der Waals surface area contributed by atoms with Crippen LogP contribution in [0.15, 0.2) is 24.4 Å². The second kappa shape index (κ2) is 5.32. The predicted molar refractivity (Wildman–Crippen MR) is 65.8 cm³/mol. The molecule has 0 aliphatic heterocycles. The van der Waals surface area contributed by atoms with Crippen molar-refractivity contribution in [1.82, 2.24) is 9.78 Å². The number of rotatable bonds is 5. The van der Waals surface area contributed by atoms with Gasteiger partial charge in [0.25, 0.3) is 0 Å². The van der Waals surface area contributed by atoms with Gasteiger partial charge in [-0.05, 0) is 18.1 Å². The van der Waals surface area contributed by atoms with Gasteiger partial charge in [-0.1, -0.05) is 12.1 Å². The highest BCUT2D eigenvalue weighted by Crippen LogP contribution is 2.17. The topological polar surface area (TPSA) is 27.1 Å². The largest absolute Gasteiger partial charge is 0.385 e. The van der Waals surface area contributed by atoms with Crippen molar-refractivity contribution in [2.75, 3.05) is 13.7 Å². The molecule has 2 aromatic rings. The zero-order valence-electron chi connectivity index (χ0n) is 9.32. The molecule has 4 heteroatoms. The van der Waals surface area contributed by atoms with Gasteiger partial charge >= 0.3 is 0 Å². The van der Waals surface area contributed by atoms with Gasteiger partial charge in [0.15, 0.2) is 0 Å². The van der Waals surface area contributed by atoms with Gasteiger partial charge in [-0.3, -0.25) is 4.68 Å². The summed E-state index contributed by atoms with van der Waals surface area (Å²) in [6.07, 6.45) is 2.86. The number of ether oxygens (including phenoxy) is 1. The number of methoxy groups -OCH3 is 1. The van der Waals surface area contributed by atoms with E-state index in [1.807, 2.05) is 16.9 Å². The van der Waals surface area contributed by atoms with Gasteiger partial charge in [0.05, 0.1) is 11.7 Å². The van der Waals surface area contributed by atoms with E-state index in [1.54, 1.807) is 7.11 Å². The summed E-state index contributed by atoms with van der Waals surface area (Å²) in [6.45, 7) is 1.64. The lowest BCUT2D eigenvalue weighted by Gasteiger charge is -2.03. The maximum atomic E-state index is 5.82. The number of aryl methyl sites for hydroxylation is 1. The first kappa shape index (κ1) is 11.4. The Hall–Kier alpha value is -1.06. The molecule has 2 rings (SSSR count). The van der Waals surface area contributed by atoms with Crippen molar-refractivity contribution < 1.29 is 4.74 Å². The van der Waals surface area contributed by atoms with Crippen LogP contribution in [-0.2, 0) is 17.2 Å². The molecule has 1 aromatic heterocycles. The fourth-order valence-corrected chi connectivity index (χ4v) is 1.90. The van der Waals surface area contributed by atoms with Crippen LogP contribution < -0.4 is 0 Å². The number of alkyl halides is 1. The first-order valence-corrected chi connectivity index (χ1v) is 5.88. The quantitative estimate of drug-likeness (QED) is 0.592. The number of nitrogens with zero attached hydrogens (tertiary/aromatic N) is 2. The third kappa shape index (κ3) is 2.36. The molecule has 16 heavy (non-hydrogen) atoms. The summed E-state index contributed by atoms with van der Waals surface area (Å²) in [5.41, 5.74) is 2.27. The molecule has 0 aliphatic rings. The standard InChI is InChI=1S/C12H15ClN2O/c1-16-6-2-5-15-12-7-10(8-13)3-4-11(12)9-14-15/h3-4,7,9H,2,5-6,8H2,1H3. The molecule has 3 nitrogen and oxygen atoms in total. The molecule has 0 atom stereocenters. The molecule has 0 amide bonds. The predicted octanol–water partition coefficient (Wildman–Crippen LogP) is 2.81. The van der Waals surface area contributed by atoms with Crippen molar-refractivity contribution in [2.24, 2.45) is 0 Å². The molecule has 0 aliphatic carbocycles. The molecule has 0 fully saturated rings. The maximum absolute atomic E-state index is 5.82. The second-order valence-corrected chi connectivity index (χ2v) is 4.01. The van der Waals surface area contributed by atoms with Crippen LogP contribution in [0, 0.1) is 0 Å². The average Bonchev–Trinajstić information content (AvgIpc) is 2.72. The number of aromatic nitrogens is 2. The zero-order valence-corrected chi connectivity index (χ0v) is 10.1. The van der Waals surface area contributed by atoms with Crippen molar-refractivity contribution in [1.29, 1.82) is 0 Å². The number of halogens is 1. The minimum Gasteiger partial charge on any atom is -0.385 e. The molecule has 0 unspecified atom stereocenters. The number of fused-ring (bicyclic) bond motifs is 1. The molecule has 0 spiro atoms. The van der Waals surface area contributed by atoms with Crippen LogP contribution in [0.4, 0.5) is 0 Å². The van der Waals surface area contributed by atoms with Crippen LogP contribution in [0.2, 0.25) is 0 Å². The minimum atomic E-state index is 0.541. The Balaban J connectivity index is 2.24. The molecule has 0 saturated heterocycles. The van der Waals surface area contributed by atoms with E-state index in [2.05, 4.69) is 17.2 Å². The Morgan fingerprint density at radius 1 is 1.44 bits per heavy atom. The Morgan fingerprint density at radius 2 is 2.31 bits per heavy atom. The molecule has 1 heterocycles. The third-order valence-electron chi connectivity index (χ3n) is 2.58. The highest BCUT2D eigenvalue weighted by molar-refractivity contribution is 6.17. The van der Waals surface area contributed by atoms with E-state index in [1.165, 1.54) is 0 Å². The van der Waals surface area contributed by atoms with Gasteiger partial charge in [0.1, 0.15) is 0 Å². The fraction of sp³-hybridized carbons (Fsp3) is 0.417. The monoisotopic (exact) mass is 238 g/mol. The lowest BCUT2D eigenvalue weighted by Crippen LogP contribution is -2.02. The summed E-state index contributed by atoms with van der Waals surface area (Å²) < 4.78 is 7.04. The summed E-state index contributed by atoms with van der Waals surface area (Å²) in [7, 11) is 1.72. The molecule has 86 valence electrons. The van der Waals surface area contributed by atoms with Gasteiger partial charge in [0, 0.05) is 31.5 Å². The highest BCUT2D eigenvalue weighted by atomic mass is 35.5. The molecule has 1 aromatic carbocycles. The third-order valence-corrected chi connectivity index (χ3v) is 2.89. The van der Waals surface area contributed by atoms with Gasteiger partial charge in [-0.25, -0.2) is 0 Å². The lowest BCUT2D eigenvalue weighted by atomic mass is 10.2. The average molecular weight is 239 g/mol. The van der Waals surface area contributed by atoms with Gasteiger partial charge in [0.2, 0.25) is 0 Å². The molecule has 0 saturated carbocycles. The van der Waals surface area contributed by atoms with Gasteiger partial charge in [-0.2, -0.15) is 5.10 Å². The van der Waals surface area contributed by atoms with Crippen molar-refractivity contribution >= 4 is 22.5 Å². The van der Waals surface area contributed by atoms with E-state index in [-0.39, 0.29) is 0 Å². The summed E-state index contributed by atoms with van der Waals surface area (Å²) in [6, 6.07) is 6.20. The molecule has 0 bridgehead atoms. The summed E-state index contributed by atoms with van der Waals surface area (Å²) in [5.74, 6) is 0.541. The van der Waals surface area contributed by atoms with E-state index in [9.17, 15) is 0 Å². The van der Waals surface area contributed by atoms with Crippen molar-refractivity contribution in [3.63, 3.8) is 0 Å². The van der Waals surface area contributed by atoms with Crippen LogP contribution >= 0.6 is 11.6 Å².